The van der Waals surface area contributed by atoms with E-state index in [1.165, 1.54) is 0 Å². The molecule has 1 aromatic heterocycles. The fourth-order valence-electron chi connectivity index (χ4n) is 1.65. The molecule has 0 aliphatic carbocycles. The molecule has 0 unspecified atom stereocenters. The Kier molecular flexibility index (Phi) is 5.65. The van der Waals surface area contributed by atoms with Crippen LogP contribution in [0.4, 0.5) is 0 Å². The molecule has 1 aromatic carbocycles. The zero-order chi connectivity index (χ0) is 14.4. The van der Waals surface area contributed by atoms with Crippen molar-refractivity contribution in [1.82, 2.24) is 10.3 Å². The lowest BCUT2D eigenvalue weighted by molar-refractivity contribution is 0.459. The van der Waals surface area contributed by atoms with E-state index >= 15 is 0 Å². The predicted octanol–water partition coefficient (Wildman–Crippen LogP) is 4.68. The molecule has 2 rings (SSSR count). The lowest BCUT2D eigenvalue weighted by atomic mass is 10.3. The highest BCUT2D eigenvalue weighted by Crippen LogP contribution is 2.24. The molecule has 0 atom stereocenters. The van der Waals surface area contributed by atoms with Crippen molar-refractivity contribution in [3.8, 4) is 11.6 Å². The Morgan fingerprint density at radius 1 is 1.10 bits per heavy atom. The van der Waals surface area contributed by atoms with Crippen molar-refractivity contribution in [3.05, 3.63) is 52.1 Å². The predicted molar refractivity (Wildman–Crippen MR) is 82.8 cm³/mol. The molecule has 20 heavy (non-hydrogen) atoms. The Bertz CT molecular complexity index is 558. The fourth-order valence-corrected chi connectivity index (χ4v) is 1.95. The molecule has 1 N–H and O–H groups in total. The summed E-state index contributed by atoms with van der Waals surface area (Å²) in [4.78, 5) is 4.41. The highest BCUT2D eigenvalue weighted by molar-refractivity contribution is 6.31. The van der Waals surface area contributed by atoms with Crippen LogP contribution in [0.5, 0.6) is 11.6 Å². The average Bonchev–Trinajstić information content (AvgIpc) is 2.45. The summed E-state index contributed by atoms with van der Waals surface area (Å²) in [6.45, 7) is 3.67. The van der Waals surface area contributed by atoms with E-state index < -0.39 is 0 Å². The molecule has 106 valence electrons. The molecule has 0 aliphatic rings. The minimum atomic E-state index is 0.519. The molecular formula is C15H16Cl2N2O. The van der Waals surface area contributed by atoms with Gasteiger partial charge in [-0.1, -0.05) is 30.1 Å². The van der Waals surface area contributed by atoms with Gasteiger partial charge in [-0.15, -0.1) is 0 Å². The maximum absolute atomic E-state index is 6.12. The topological polar surface area (TPSA) is 34.2 Å². The molecular weight excluding hydrogens is 295 g/mol. The summed E-state index contributed by atoms with van der Waals surface area (Å²) in [6, 6.07) is 10.7. The van der Waals surface area contributed by atoms with Gasteiger partial charge in [0.1, 0.15) is 5.75 Å². The summed E-state index contributed by atoms with van der Waals surface area (Å²) in [5, 5.41) is 4.58. The highest BCUT2D eigenvalue weighted by Gasteiger charge is 2.05. The molecule has 0 spiro atoms. The maximum atomic E-state index is 6.12. The SMILES string of the molecule is CCCNCc1nc(Oc2ccc(Cl)cc2)ccc1Cl. The highest BCUT2D eigenvalue weighted by atomic mass is 35.5. The molecule has 0 amide bonds. The van der Waals surface area contributed by atoms with Crippen molar-refractivity contribution in [2.24, 2.45) is 0 Å². The molecule has 0 saturated heterocycles. The summed E-state index contributed by atoms with van der Waals surface area (Å²) < 4.78 is 5.68. The third-order valence-corrected chi connectivity index (χ3v) is 3.24. The van der Waals surface area contributed by atoms with Crippen LogP contribution in [0.15, 0.2) is 36.4 Å². The van der Waals surface area contributed by atoms with Gasteiger partial charge in [0.25, 0.3) is 0 Å². The summed E-state index contributed by atoms with van der Waals surface area (Å²) in [6.07, 6.45) is 1.07. The second kappa shape index (κ2) is 7.48. The van der Waals surface area contributed by atoms with E-state index in [-0.39, 0.29) is 0 Å². The number of benzene rings is 1. The maximum Gasteiger partial charge on any atom is 0.219 e. The van der Waals surface area contributed by atoms with Crippen LogP contribution in [0.1, 0.15) is 19.0 Å². The number of ether oxygens (including phenoxy) is 1. The molecule has 1 heterocycles. The van der Waals surface area contributed by atoms with Crippen LogP contribution in [0, 0.1) is 0 Å². The van der Waals surface area contributed by atoms with E-state index in [1.807, 2.05) is 0 Å². The first kappa shape index (κ1) is 15.1. The van der Waals surface area contributed by atoms with Crippen LogP contribution in [-0.4, -0.2) is 11.5 Å². The number of aromatic nitrogens is 1. The van der Waals surface area contributed by atoms with Crippen molar-refractivity contribution >= 4 is 23.2 Å². The molecule has 0 bridgehead atoms. The van der Waals surface area contributed by atoms with E-state index in [4.69, 9.17) is 27.9 Å². The number of nitrogens with one attached hydrogen (secondary N) is 1. The Hall–Kier alpha value is -1.29. The van der Waals surface area contributed by atoms with Crippen LogP contribution in [0.2, 0.25) is 10.0 Å². The van der Waals surface area contributed by atoms with Crippen molar-refractivity contribution in [2.75, 3.05) is 6.54 Å². The Labute approximate surface area is 128 Å². The molecule has 0 aliphatic heterocycles. The van der Waals surface area contributed by atoms with Crippen molar-refractivity contribution < 1.29 is 4.74 Å². The lowest BCUT2D eigenvalue weighted by Gasteiger charge is -2.09. The van der Waals surface area contributed by atoms with Gasteiger partial charge in [-0.2, -0.15) is 0 Å². The second-order valence-electron chi connectivity index (χ2n) is 4.31. The molecule has 3 nitrogen and oxygen atoms in total. The van der Waals surface area contributed by atoms with Crippen LogP contribution in [-0.2, 0) is 6.54 Å². The molecule has 5 heteroatoms. The number of hydrogen-bond acceptors (Lipinski definition) is 3. The zero-order valence-electron chi connectivity index (χ0n) is 11.2. The smallest absolute Gasteiger partial charge is 0.219 e. The van der Waals surface area contributed by atoms with Crippen LogP contribution in [0.25, 0.3) is 0 Å². The first-order valence-corrected chi connectivity index (χ1v) is 7.24. The zero-order valence-corrected chi connectivity index (χ0v) is 12.7. The number of halogens is 2. The number of nitrogens with zero attached hydrogens (tertiary/aromatic N) is 1. The third-order valence-electron chi connectivity index (χ3n) is 2.65. The van der Waals surface area contributed by atoms with Gasteiger partial charge in [0.05, 0.1) is 10.7 Å². The Morgan fingerprint density at radius 2 is 1.85 bits per heavy atom. The van der Waals surface area contributed by atoms with E-state index in [2.05, 4.69) is 17.2 Å². The molecule has 0 saturated carbocycles. The van der Waals surface area contributed by atoms with Gasteiger partial charge >= 0.3 is 0 Å². The summed E-state index contributed by atoms with van der Waals surface area (Å²) in [5.41, 5.74) is 0.784. The monoisotopic (exact) mass is 310 g/mol. The van der Waals surface area contributed by atoms with Gasteiger partial charge < -0.3 is 10.1 Å². The van der Waals surface area contributed by atoms with E-state index in [1.54, 1.807) is 36.4 Å². The van der Waals surface area contributed by atoms with Gasteiger partial charge in [-0.3, -0.25) is 0 Å². The molecule has 0 radical (unpaired) electrons. The first-order chi connectivity index (χ1) is 9.69. The van der Waals surface area contributed by atoms with E-state index in [9.17, 15) is 0 Å². The third kappa shape index (κ3) is 4.37. The van der Waals surface area contributed by atoms with Crippen LogP contribution in [0.3, 0.4) is 0 Å². The van der Waals surface area contributed by atoms with E-state index in [0.717, 1.165) is 18.7 Å². The van der Waals surface area contributed by atoms with Gasteiger partial charge in [0.2, 0.25) is 5.88 Å². The van der Waals surface area contributed by atoms with E-state index in [0.29, 0.717) is 28.2 Å². The fraction of sp³-hybridized carbons (Fsp3) is 0.267. The summed E-state index contributed by atoms with van der Waals surface area (Å²) in [5.74, 6) is 1.21. The normalized spacial score (nSPS) is 10.6. The standard InChI is InChI=1S/C15H16Cl2N2O/c1-2-9-18-10-14-13(17)7-8-15(19-14)20-12-5-3-11(16)4-6-12/h3-8,18H,2,9-10H2,1H3. The minimum Gasteiger partial charge on any atom is -0.439 e. The van der Waals surface area contributed by atoms with Gasteiger partial charge in [-0.25, -0.2) is 4.98 Å². The quantitative estimate of drug-likeness (QED) is 0.787. The van der Waals surface area contributed by atoms with Gasteiger partial charge in [-0.05, 0) is 43.3 Å². The largest absolute Gasteiger partial charge is 0.439 e. The van der Waals surface area contributed by atoms with Gasteiger partial charge in [0, 0.05) is 17.6 Å². The van der Waals surface area contributed by atoms with Crippen molar-refractivity contribution in [2.45, 2.75) is 19.9 Å². The summed E-state index contributed by atoms with van der Waals surface area (Å²) >= 11 is 12.0. The average molecular weight is 311 g/mol. The number of hydrogen-bond donors (Lipinski definition) is 1. The second-order valence-corrected chi connectivity index (χ2v) is 5.15. The summed E-state index contributed by atoms with van der Waals surface area (Å²) in [7, 11) is 0. The number of pyridine rings is 1. The van der Waals surface area contributed by atoms with Crippen LogP contribution < -0.4 is 10.1 Å². The van der Waals surface area contributed by atoms with Crippen LogP contribution >= 0.6 is 23.2 Å². The Morgan fingerprint density at radius 3 is 2.55 bits per heavy atom. The number of rotatable bonds is 6. The lowest BCUT2D eigenvalue weighted by Crippen LogP contribution is -2.15. The minimum absolute atomic E-state index is 0.519. The molecule has 0 fully saturated rings. The Balaban J connectivity index is 2.08. The van der Waals surface area contributed by atoms with Crippen molar-refractivity contribution in [3.63, 3.8) is 0 Å². The van der Waals surface area contributed by atoms with Gasteiger partial charge in [0.15, 0.2) is 0 Å². The van der Waals surface area contributed by atoms with Crippen molar-refractivity contribution in [1.29, 1.82) is 0 Å². The first-order valence-electron chi connectivity index (χ1n) is 6.48. The molecule has 2 aromatic rings.